The van der Waals surface area contributed by atoms with Gasteiger partial charge in [-0.2, -0.15) is 0 Å². The lowest BCUT2D eigenvalue weighted by Gasteiger charge is -2.27. The van der Waals surface area contributed by atoms with Crippen LogP contribution in [0.2, 0.25) is 0 Å². The molecule has 3 N–H and O–H groups in total. The highest BCUT2D eigenvalue weighted by atomic mass is 19.1. The second-order valence-corrected chi connectivity index (χ2v) is 8.61. The van der Waals surface area contributed by atoms with Crippen molar-refractivity contribution in [2.45, 2.75) is 31.6 Å². The van der Waals surface area contributed by atoms with E-state index in [2.05, 4.69) is 10.6 Å². The molecule has 1 aliphatic rings. The number of urea groups is 1. The Labute approximate surface area is 207 Å². The van der Waals surface area contributed by atoms with E-state index in [4.69, 9.17) is 4.74 Å². The zero-order valence-corrected chi connectivity index (χ0v) is 19.5. The van der Waals surface area contributed by atoms with Crippen molar-refractivity contribution in [3.05, 3.63) is 95.6 Å². The number of benzene rings is 3. The largest absolute Gasteiger partial charge is 0.489 e. The van der Waals surface area contributed by atoms with Gasteiger partial charge in [-0.1, -0.05) is 12.1 Å². The number of ether oxygens (including phenoxy) is 1. The van der Waals surface area contributed by atoms with Gasteiger partial charge in [-0.15, -0.1) is 0 Å². The number of likely N-dealkylation sites (tertiary alicyclic amines) is 1. The van der Waals surface area contributed by atoms with Crippen LogP contribution in [0.4, 0.5) is 19.3 Å². The maximum absolute atomic E-state index is 13.1. The standard InChI is InChI=1S/C27H27F2N3O4/c28-20-7-3-18(4-8-20)17-36-23-13-5-19(6-14-23)26(34)31-24-16-32(15-1-2-25(24)33)27(35)30-22-11-9-21(29)10-12-22/h3-14,24-25,33H,1-2,15-17H2,(H,30,35)(H,31,34). The number of nitrogens with zero attached hydrogens (tertiary/aromatic N) is 1. The number of carbonyl (C=O) groups is 2. The smallest absolute Gasteiger partial charge is 0.321 e. The van der Waals surface area contributed by atoms with Crippen LogP contribution in [-0.4, -0.2) is 47.2 Å². The Morgan fingerprint density at radius 1 is 0.944 bits per heavy atom. The molecule has 3 aromatic rings. The first kappa shape index (κ1) is 25.1. The fourth-order valence-electron chi connectivity index (χ4n) is 3.91. The molecule has 36 heavy (non-hydrogen) atoms. The second kappa shape index (κ2) is 11.6. The molecule has 0 aromatic heterocycles. The summed E-state index contributed by atoms with van der Waals surface area (Å²) in [6, 6.07) is 16.9. The van der Waals surface area contributed by atoms with E-state index in [1.807, 2.05) is 0 Å². The van der Waals surface area contributed by atoms with Crippen LogP contribution in [0, 0.1) is 11.6 Å². The van der Waals surface area contributed by atoms with Crippen LogP contribution < -0.4 is 15.4 Å². The molecule has 1 heterocycles. The third-order valence-corrected chi connectivity index (χ3v) is 5.94. The molecule has 2 unspecified atom stereocenters. The predicted octanol–water partition coefficient (Wildman–Crippen LogP) is 4.33. The van der Waals surface area contributed by atoms with Gasteiger partial charge in [0, 0.05) is 24.3 Å². The SMILES string of the molecule is O=C(NC1CN(C(=O)Nc2ccc(F)cc2)CCCC1O)c1ccc(OCc2ccc(F)cc2)cc1. The summed E-state index contributed by atoms with van der Waals surface area (Å²) in [5, 5.41) is 16.1. The summed E-state index contributed by atoms with van der Waals surface area (Å²) in [5.41, 5.74) is 1.64. The highest BCUT2D eigenvalue weighted by Gasteiger charge is 2.29. The van der Waals surface area contributed by atoms with Crippen molar-refractivity contribution in [3.8, 4) is 5.75 Å². The molecule has 0 saturated carbocycles. The van der Waals surface area contributed by atoms with Crippen LogP contribution in [-0.2, 0) is 6.61 Å². The van der Waals surface area contributed by atoms with Crippen LogP contribution in [0.1, 0.15) is 28.8 Å². The minimum absolute atomic E-state index is 0.124. The van der Waals surface area contributed by atoms with Gasteiger partial charge in [0.1, 0.15) is 24.0 Å². The lowest BCUT2D eigenvalue weighted by Crippen LogP contribution is -2.50. The van der Waals surface area contributed by atoms with Crippen molar-refractivity contribution < 1.29 is 28.2 Å². The number of nitrogens with one attached hydrogen (secondary N) is 2. The van der Waals surface area contributed by atoms with E-state index in [-0.39, 0.29) is 24.9 Å². The van der Waals surface area contributed by atoms with Gasteiger partial charge in [0.25, 0.3) is 5.91 Å². The fraction of sp³-hybridized carbons (Fsp3) is 0.259. The normalized spacial score (nSPS) is 17.7. The Bertz CT molecular complexity index is 1170. The van der Waals surface area contributed by atoms with E-state index in [0.717, 1.165) is 5.56 Å². The number of hydrogen-bond donors (Lipinski definition) is 3. The van der Waals surface area contributed by atoms with E-state index < -0.39 is 24.0 Å². The molecule has 188 valence electrons. The molecule has 9 heteroatoms. The Hall–Kier alpha value is -3.98. The Morgan fingerprint density at radius 3 is 2.25 bits per heavy atom. The topological polar surface area (TPSA) is 90.9 Å². The second-order valence-electron chi connectivity index (χ2n) is 8.61. The first-order valence-corrected chi connectivity index (χ1v) is 11.6. The molecule has 0 radical (unpaired) electrons. The molecule has 3 aromatic carbocycles. The summed E-state index contributed by atoms with van der Waals surface area (Å²) in [4.78, 5) is 27.1. The monoisotopic (exact) mass is 495 g/mol. The summed E-state index contributed by atoms with van der Waals surface area (Å²) in [7, 11) is 0. The third-order valence-electron chi connectivity index (χ3n) is 5.94. The van der Waals surface area contributed by atoms with Crippen molar-refractivity contribution in [3.63, 3.8) is 0 Å². The molecule has 0 bridgehead atoms. The Morgan fingerprint density at radius 2 is 1.58 bits per heavy atom. The van der Waals surface area contributed by atoms with Crippen molar-refractivity contribution in [1.82, 2.24) is 10.2 Å². The number of rotatable bonds is 6. The zero-order chi connectivity index (χ0) is 25.5. The highest BCUT2D eigenvalue weighted by molar-refractivity contribution is 5.94. The van der Waals surface area contributed by atoms with Crippen LogP contribution in [0.25, 0.3) is 0 Å². The maximum Gasteiger partial charge on any atom is 0.321 e. The van der Waals surface area contributed by atoms with Crippen molar-refractivity contribution in [2.24, 2.45) is 0 Å². The quantitative estimate of drug-likeness (QED) is 0.475. The highest BCUT2D eigenvalue weighted by Crippen LogP contribution is 2.17. The van der Waals surface area contributed by atoms with Gasteiger partial charge >= 0.3 is 6.03 Å². The average Bonchev–Trinajstić information content (AvgIpc) is 3.06. The summed E-state index contributed by atoms with van der Waals surface area (Å²) in [5.74, 6) is -0.551. The average molecular weight is 496 g/mol. The van der Waals surface area contributed by atoms with Gasteiger partial charge in [-0.05, 0) is 79.1 Å². The van der Waals surface area contributed by atoms with Gasteiger partial charge < -0.3 is 25.4 Å². The minimum atomic E-state index is -0.809. The fourth-order valence-corrected chi connectivity index (χ4v) is 3.91. The number of aliphatic hydroxyl groups excluding tert-OH is 1. The maximum atomic E-state index is 13.1. The van der Waals surface area contributed by atoms with Gasteiger partial charge in [0.05, 0.1) is 12.1 Å². The lowest BCUT2D eigenvalue weighted by atomic mass is 10.1. The number of hydrogen-bond acceptors (Lipinski definition) is 4. The zero-order valence-electron chi connectivity index (χ0n) is 19.5. The number of aliphatic hydroxyl groups is 1. The molecule has 2 atom stereocenters. The van der Waals surface area contributed by atoms with Crippen molar-refractivity contribution in [2.75, 3.05) is 18.4 Å². The molecule has 4 rings (SSSR count). The molecule has 7 nitrogen and oxygen atoms in total. The first-order chi connectivity index (χ1) is 17.4. The van der Waals surface area contributed by atoms with Crippen LogP contribution in [0.3, 0.4) is 0 Å². The molecule has 0 aliphatic carbocycles. The van der Waals surface area contributed by atoms with Gasteiger partial charge in [0.2, 0.25) is 0 Å². The van der Waals surface area contributed by atoms with Crippen LogP contribution >= 0.6 is 0 Å². The molecule has 3 amide bonds. The van der Waals surface area contributed by atoms with Crippen molar-refractivity contribution >= 4 is 17.6 Å². The number of amides is 3. The third kappa shape index (κ3) is 6.79. The molecule has 1 saturated heterocycles. The van der Waals surface area contributed by atoms with E-state index in [1.165, 1.54) is 41.3 Å². The van der Waals surface area contributed by atoms with E-state index >= 15 is 0 Å². The number of anilines is 1. The molecular formula is C27H27F2N3O4. The lowest BCUT2D eigenvalue weighted by molar-refractivity contribution is 0.0811. The summed E-state index contributed by atoms with van der Waals surface area (Å²) in [6.07, 6.45) is 0.196. The van der Waals surface area contributed by atoms with E-state index in [0.29, 0.717) is 36.4 Å². The molecular weight excluding hydrogens is 468 g/mol. The van der Waals surface area contributed by atoms with Crippen molar-refractivity contribution in [1.29, 1.82) is 0 Å². The summed E-state index contributed by atoms with van der Waals surface area (Å²) < 4.78 is 31.8. The predicted molar refractivity (Wildman–Crippen MR) is 131 cm³/mol. The number of carbonyl (C=O) groups excluding carboxylic acids is 2. The summed E-state index contributed by atoms with van der Waals surface area (Å²) >= 11 is 0. The van der Waals surface area contributed by atoms with Gasteiger partial charge in [-0.3, -0.25) is 4.79 Å². The minimum Gasteiger partial charge on any atom is -0.489 e. The number of halogens is 2. The summed E-state index contributed by atoms with van der Waals surface area (Å²) in [6.45, 7) is 0.797. The molecule has 1 aliphatic heterocycles. The van der Waals surface area contributed by atoms with Crippen LogP contribution in [0.5, 0.6) is 5.75 Å². The first-order valence-electron chi connectivity index (χ1n) is 11.6. The van der Waals surface area contributed by atoms with Gasteiger partial charge in [-0.25, -0.2) is 13.6 Å². The Kier molecular flexibility index (Phi) is 8.12. The Balaban J connectivity index is 1.33. The van der Waals surface area contributed by atoms with E-state index in [9.17, 15) is 23.5 Å². The molecule has 0 spiro atoms. The van der Waals surface area contributed by atoms with E-state index in [1.54, 1.807) is 36.4 Å². The van der Waals surface area contributed by atoms with Gasteiger partial charge in [0.15, 0.2) is 0 Å². The molecule has 1 fully saturated rings. The van der Waals surface area contributed by atoms with Crippen LogP contribution in [0.15, 0.2) is 72.8 Å².